The monoisotopic (exact) mass is 179 g/mol. The number of hydrogen-bond acceptors (Lipinski definition) is 2. The number of nitrogens with one attached hydrogen (secondary N) is 1. The largest absolute Gasteiger partial charge is 0.372 e. The van der Waals surface area contributed by atoms with Gasteiger partial charge in [0.15, 0.2) is 0 Å². The molecule has 1 unspecified atom stereocenters. The molecule has 1 fully saturated rings. The summed E-state index contributed by atoms with van der Waals surface area (Å²) in [7, 11) is 0. The van der Waals surface area contributed by atoms with E-state index < -0.39 is 12.0 Å². The number of ether oxygens (including phenoxy) is 1. The maximum absolute atomic E-state index is 13.0. The number of halogens is 2. The predicted molar refractivity (Wildman–Crippen MR) is 42.5 cm³/mol. The molecule has 0 bridgehead atoms. The van der Waals surface area contributed by atoms with Crippen LogP contribution in [0.2, 0.25) is 0 Å². The Bertz CT molecular complexity index is 141. The van der Waals surface area contributed by atoms with Gasteiger partial charge >= 0.3 is 0 Å². The van der Waals surface area contributed by atoms with Crippen LogP contribution in [0.5, 0.6) is 0 Å². The first-order chi connectivity index (χ1) is 5.67. The highest BCUT2D eigenvalue weighted by atomic mass is 19.3. The molecule has 0 aromatic rings. The van der Waals surface area contributed by atoms with Crippen molar-refractivity contribution in [2.45, 2.75) is 31.8 Å². The number of rotatable bonds is 3. The summed E-state index contributed by atoms with van der Waals surface area (Å²) in [4.78, 5) is 0. The topological polar surface area (TPSA) is 21.3 Å². The van der Waals surface area contributed by atoms with Crippen molar-refractivity contribution >= 4 is 0 Å². The third-order valence-electron chi connectivity index (χ3n) is 1.94. The highest BCUT2D eigenvalue weighted by Gasteiger charge is 2.42. The number of alkyl halides is 2. The highest BCUT2D eigenvalue weighted by molar-refractivity contribution is 4.85. The normalized spacial score (nSPS) is 28.8. The molecule has 1 heterocycles. The Hall–Kier alpha value is -0.220. The molecule has 2 nitrogen and oxygen atoms in total. The molecule has 1 rings (SSSR count). The Balaban J connectivity index is 2.37. The van der Waals surface area contributed by atoms with Gasteiger partial charge in [0, 0.05) is 6.61 Å². The molecule has 1 N–H and O–H groups in total. The molecule has 4 heteroatoms. The third-order valence-corrected chi connectivity index (χ3v) is 1.94. The lowest BCUT2D eigenvalue weighted by molar-refractivity contribution is -0.148. The second kappa shape index (κ2) is 4.14. The summed E-state index contributed by atoms with van der Waals surface area (Å²) in [5, 5.41) is 2.65. The van der Waals surface area contributed by atoms with Crippen molar-refractivity contribution in [3.63, 3.8) is 0 Å². The lowest BCUT2D eigenvalue weighted by Gasteiger charge is -2.31. The summed E-state index contributed by atoms with van der Waals surface area (Å²) in [5.74, 6) is -2.69. The molecule has 0 aliphatic carbocycles. The maximum atomic E-state index is 13.0. The first-order valence-corrected chi connectivity index (χ1v) is 4.37. The van der Waals surface area contributed by atoms with E-state index in [9.17, 15) is 8.78 Å². The van der Waals surface area contributed by atoms with Crippen LogP contribution < -0.4 is 5.32 Å². The van der Waals surface area contributed by atoms with Gasteiger partial charge in [0.25, 0.3) is 5.92 Å². The van der Waals surface area contributed by atoms with Gasteiger partial charge in [-0.05, 0) is 19.4 Å². The van der Waals surface area contributed by atoms with E-state index in [-0.39, 0.29) is 6.54 Å². The molecule has 1 saturated heterocycles. The maximum Gasteiger partial charge on any atom is 0.285 e. The van der Waals surface area contributed by atoms with Crippen molar-refractivity contribution < 1.29 is 13.5 Å². The standard InChI is InChI=1S/C8H15F2NO/c1-2-5-12-7-3-4-11-6-8(7,9)10/h7,11H,2-6H2,1H3. The van der Waals surface area contributed by atoms with Gasteiger partial charge in [-0.3, -0.25) is 0 Å². The minimum atomic E-state index is -2.69. The van der Waals surface area contributed by atoms with Gasteiger partial charge in [0.1, 0.15) is 6.10 Å². The molecule has 0 spiro atoms. The molecule has 0 aromatic carbocycles. The van der Waals surface area contributed by atoms with Gasteiger partial charge in [-0.25, -0.2) is 8.78 Å². The van der Waals surface area contributed by atoms with Crippen molar-refractivity contribution in [1.29, 1.82) is 0 Å². The van der Waals surface area contributed by atoms with Gasteiger partial charge in [-0.15, -0.1) is 0 Å². The van der Waals surface area contributed by atoms with Crippen LogP contribution in [0, 0.1) is 0 Å². The fraction of sp³-hybridized carbons (Fsp3) is 1.00. The van der Waals surface area contributed by atoms with Crippen molar-refractivity contribution in [3.05, 3.63) is 0 Å². The zero-order valence-electron chi connectivity index (χ0n) is 7.28. The lowest BCUT2D eigenvalue weighted by Crippen LogP contribution is -2.50. The summed E-state index contributed by atoms with van der Waals surface area (Å²) in [5.41, 5.74) is 0. The minimum Gasteiger partial charge on any atom is -0.372 e. The molecule has 72 valence electrons. The Kier molecular flexibility index (Phi) is 3.40. The van der Waals surface area contributed by atoms with Gasteiger partial charge < -0.3 is 10.1 Å². The summed E-state index contributed by atoms with van der Waals surface area (Å²) in [6.45, 7) is 2.73. The van der Waals surface area contributed by atoms with E-state index >= 15 is 0 Å². The van der Waals surface area contributed by atoms with Crippen LogP contribution in [0.3, 0.4) is 0 Å². The molecule has 1 aliphatic heterocycles. The predicted octanol–water partition coefficient (Wildman–Crippen LogP) is 1.41. The van der Waals surface area contributed by atoms with Crippen molar-refractivity contribution in [2.75, 3.05) is 19.7 Å². The molecule has 0 radical (unpaired) electrons. The molecular weight excluding hydrogens is 164 g/mol. The van der Waals surface area contributed by atoms with Crippen molar-refractivity contribution in [2.24, 2.45) is 0 Å². The summed E-state index contributed by atoms with van der Waals surface area (Å²) in [6, 6.07) is 0. The zero-order valence-corrected chi connectivity index (χ0v) is 7.28. The van der Waals surface area contributed by atoms with E-state index in [1.807, 2.05) is 6.92 Å². The number of hydrogen-bond donors (Lipinski definition) is 1. The van der Waals surface area contributed by atoms with Crippen LogP contribution in [0.25, 0.3) is 0 Å². The van der Waals surface area contributed by atoms with Crippen LogP contribution in [0.1, 0.15) is 19.8 Å². The van der Waals surface area contributed by atoms with Gasteiger partial charge in [0.2, 0.25) is 0 Å². The Morgan fingerprint density at radius 3 is 2.92 bits per heavy atom. The number of piperidine rings is 1. The summed E-state index contributed by atoms with van der Waals surface area (Å²) in [6.07, 6.45) is 0.325. The van der Waals surface area contributed by atoms with Crippen LogP contribution in [-0.4, -0.2) is 31.7 Å². The molecule has 0 saturated carbocycles. The lowest BCUT2D eigenvalue weighted by atomic mass is 10.1. The first kappa shape index (κ1) is 9.86. The Morgan fingerprint density at radius 2 is 2.33 bits per heavy atom. The molecular formula is C8H15F2NO. The van der Waals surface area contributed by atoms with Gasteiger partial charge in [0.05, 0.1) is 6.54 Å². The van der Waals surface area contributed by atoms with Crippen LogP contribution >= 0.6 is 0 Å². The third kappa shape index (κ3) is 2.38. The van der Waals surface area contributed by atoms with E-state index in [4.69, 9.17) is 4.74 Å². The average Bonchev–Trinajstić information content (AvgIpc) is 2.02. The van der Waals surface area contributed by atoms with Crippen LogP contribution in [0.4, 0.5) is 8.78 Å². The van der Waals surface area contributed by atoms with Crippen molar-refractivity contribution in [3.8, 4) is 0 Å². The summed E-state index contributed by atoms with van der Waals surface area (Å²) < 4.78 is 31.1. The van der Waals surface area contributed by atoms with E-state index in [2.05, 4.69) is 5.32 Å². The van der Waals surface area contributed by atoms with Gasteiger partial charge in [-0.2, -0.15) is 0 Å². The van der Waals surface area contributed by atoms with Crippen LogP contribution in [0.15, 0.2) is 0 Å². The van der Waals surface area contributed by atoms with E-state index in [1.54, 1.807) is 0 Å². The summed E-state index contributed by atoms with van der Waals surface area (Å²) >= 11 is 0. The minimum absolute atomic E-state index is 0.249. The SMILES string of the molecule is CCCOC1CCNCC1(F)F. The molecule has 0 aromatic heterocycles. The molecule has 0 amide bonds. The van der Waals surface area contributed by atoms with E-state index in [1.165, 1.54) is 0 Å². The molecule has 1 atom stereocenters. The van der Waals surface area contributed by atoms with Crippen molar-refractivity contribution in [1.82, 2.24) is 5.32 Å². The molecule has 12 heavy (non-hydrogen) atoms. The Labute approximate surface area is 71.3 Å². The first-order valence-electron chi connectivity index (χ1n) is 4.37. The quantitative estimate of drug-likeness (QED) is 0.707. The zero-order chi connectivity index (χ0) is 9.03. The second-order valence-corrected chi connectivity index (χ2v) is 3.09. The van der Waals surface area contributed by atoms with E-state index in [0.717, 1.165) is 6.42 Å². The fourth-order valence-corrected chi connectivity index (χ4v) is 1.28. The fourth-order valence-electron chi connectivity index (χ4n) is 1.28. The van der Waals surface area contributed by atoms with Gasteiger partial charge in [-0.1, -0.05) is 6.92 Å². The van der Waals surface area contributed by atoms with E-state index in [0.29, 0.717) is 19.6 Å². The molecule has 1 aliphatic rings. The average molecular weight is 179 g/mol. The Morgan fingerprint density at radius 1 is 1.58 bits per heavy atom. The smallest absolute Gasteiger partial charge is 0.285 e. The second-order valence-electron chi connectivity index (χ2n) is 3.09. The van der Waals surface area contributed by atoms with Crippen LogP contribution in [-0.2, 0) is 4.74 Å². The highest BCUT2D eigenvalue weighted by Crippen LogP contribution is 2.25.